The van der Waals surface area contributed by atoms with Gasteiger partial charge in [-0.3, -0.25) is 5.10 Å². The van der Waals surface area contributed by atoms with Gasteiger partial charge in [-0.2, -0.15) is 13.9 Å². The molecule has 0 aliphatic carbocycles. The van der Waals surface area contributed by atoms with Gasteiger partial charge in [-0.1, -0.05) is 12.2 Å². The third-order valence-electron chi connectivity index (χ3n) is 3.59. The van der Waals surface area contributed by atoms with Gasteiger partial charge in [0.15, 0.2) is 5.82 Å². The highest BCUT2D eigenvalue weighted by atomic mass is 19.3. The molecule has 1 aromatic carbocycles. The minimum Gasteiger partial charge on any atom is -0.435 e. The first-order valence-electron chi connectivity index (χ1n) is 6.61. The predicted octanol–water partition coefficient (Wildman–Crippen LogP) is 3.79. The molecule has 0 bridgehead atoms. The second-order valence-corrected chi connectivity index (χ2v) is 4.91. The zero-order valence-corrected chi connectivity index (χ0v) is 11.7. The lowest BCUT2D eigenvalue weighted by Gasteiger charge is -2.27. The molecule has 4 nitrogen and oxygen atoms in total. The minimum atomic E-state index is -2.83. The maximum Gasteiger partial charge on any atom is 0.387 e. The van der Waals surface area contributed by atoms with Gasteiger partial charge in [0.1, 0.15) is 5.75 Å². The molecule has 0 amide bonds. The summed E-state index contributed by atoms with van der Waals surface area (Å²) in [6.45, 7) is 1.73. The number of nitrogens with one attached hydrogen (secondary N) is 1. The van der Waals surface area contributed by atoms with Crippen LogP contribution in [0.15, 0.2) is 24.3 Å². The Kier molecular flexibility index (Phi) is 3.37. The number of nitrogens with zero attached hydrogens (tertiary/aromatic N) is 2. The molecule has 0 atom stereocenters. The number of hydrogen-bond donors (Lipinski definition) is 1. The Balaban J connectivity index is 2.03. The summed E-state index contributed by atoms with van der Waals surface area (Å²) < 4.78 is 29.2. The zero-order chi connectivity index (χ0) is 15.0. The van der Waals surface area contributed by atoms with E-state index < -0.39 is 6.61 Å². The fourth-order valence-electron chi connectivity index (χ4n) is 2.39. The van der Waals surface area contributed by atoms with Crippen molar-refractivity contribution in [3.8, 4) is 5.75 Å². The lowest BCUT2D eigenvalue weighted by molar-refractivity contribution is -0.0498. The van der Waals surface area contributed by atoms with Crippen LogP contribution in [0.3, 0.4) is 0 Å². The van der Waals surface area contributed by atoms with Crippen molar-refractivity contribution in [2.45, 2.75) is 20.5 Å². The summed E-state index contributed by atoms with van der Waals surface area (Å²) in [6.07, 6.45) is 3.98. The minimum absolute atomic E-state index is 0.147. The Morgan fingerprint density at radius 3 is 2.81 bits per heavy atom. The van der Waals surface area contributed by atoms with E-state index in [9.17, 15) is 8.78 Å². The van der Waals surface area contributed by atoms with Crippen LogP contribution in [-0.4, -0.2) is 23.4 Å². The largest absolute Gasteiger partial charge is 0.435 e. The molecule has 1 aromatic heterocycles. The quantitative estimate of drug-likeness (QED) is 0.935. The maximum atomic E-state index is 12.4. The van der Waals surface area contributed by atoms with Crippen molar-refractivity contribution in [3.05, 3.63) is 41.1 Å². The molecule has 1 N–H and O–H groups in total. The van der Waals surface area contributed by atoms with Crippen molar-refractivity contribution in [2.75, 3.05) is 11.4 Å². The number of anilines is 2. The summed E-state index contributed by atoms with van der Waals surface area (Å²) in [7, 11) is 0. The van der Waals surface area contributed by atoms with E-state index >= 15 is 0 Å². The van der Waals surface area contributed by atoms with Crippen molar-refractivity contribution in [2.24, 2.45) is 0 Å². The number of rotatable bonds is 3. The van der Waals surface area contributed by atoms with Gasteiger partial charge in [-0.05, 0) is 31.5 Å². The third kappa shape index (κ3) is 2.49. The molecule has 0 fully saturated rings. The van der Waals surface area contributed by atoms with Gasteiger partial charge in [0.25, 0.3) is 0 Å². The first kappa shape index (κ1) is 13.6. The van der Waals surface area contributed by atoms with Crippen LogP contribution in [0.5, 0.6) is 5.75 Å². The van der Waals surface area contributed by atoms with Crippen LogP contribution in [0.2, 0.25) is 0 Å². The van der Waals surface area contributed by atoms with Crippen LogP contribution in [0.25, 0.3) is 6.08 Å². The predicted molar refractivity (Wildman–Crippen MR) is 77.2 cm³/mol. The average molecular weight is 291 g/mol. The summed E-state index contributed by atoms with van der Waals surface area (Å²) >= 11 is 0. The molecule has 0 saturated heterocycles. The Labute approximate surface area is 121 Å². The highest BCUT2D eigenvalue weighted by Gasteiger charge is 2.20. The van der Waals surface area contributed by atoms with Crippen LogP contribution in [0, 0.1) is 13.8 Å². The van der Waals surface area contributed by atoms with E-state index in [1.54, 1.807) is 18.2 Å². The molecule has 21 heavy (non-hydrogen) atoms. The van der Waals surface area contributed by atoms with Crippen molar-refractivity contribution < 1.29 is 13.5 Å². The van der Waals surface area contributed by atoms with Crippen LogP contribution in [0.1, 0.15) is 16.8 Å². The normalized spacial score (nSPS) is 13.7. The fraction of sp³-hybridized carbons (Fsp3) is 0.267. The van der Waals surface area contributed by atoms with Gasteiger partial charge in [-0.25, -0.2) is 0 Å². The topological polar surface area (TPSA) is 41.2 Å². The lowest BCUT2D eigenvalue weighted by atomic mass is 10.1. The Morgan fingerprint density at radius 2 is 2.14 bits per heavy atom. The first-order chi connectivity index (χ1) is 10.1. The lowest BCUT2D eigenvalue weighted by Crippen LogP contribution is -2.21. The monoisotopic (exact) mass is 291 g/mol. The van der Waals surface area contributed by atoms with Crippen molar-refractivity contribution in [1.82, 2.24) is 10.2 Å². The molecule has 0 saturated carbocycles. The fourth-order valence-corrected chi connectivity index (χ4v) is 2.39. The summed E-state index contributed by atoms with van der Waals surface area (Å²) in [5.41, 5.74) is 3.78. The van der Waals surface area contributed by atoms with Crippen molar-refractivity contribution in [1.29, 1.82) is 0 Å². The highest BCUT2D eigenvalue weighted by Crippen LogP contribution is 2.36. The van der Waals surface area contributed by atoms with Crippen LogP contribution >= 0.6 is 0 Å². The average Bonchev–Trinajstić information content (AvgIpc) is 2.78. The second-order valence-electron chi connectivity index (χ2n) is 4.91. The van der Waals surface area contributed by atoms with E-state index in [-0.39, 0.29) is 5.75 Å². The van der Waals surface area contributed by atoms with Gasteiger partial charge in [-0.15, -0.1) is 0 Å². The van der Waals surface area contributed by atoms with E-state index in [1.807, 2.05) is 30.9 Å². The van der Waals surface area contributed by atoms with E-state index in [4.69, 9.17) is 0 Å². The molecular formula is C15H15F2N3O. The van der Waals surface area contributed by atoms with Gasteiger partial charge >= 0.3 is 6.61 Å². The summed E-state index contributed by atoms with van der Waals surface area (Å²) in [6, 6.07) is 4.93. The van der Waals surface area contributed by atoms with Crippen LogP contribution < -0.4 is 9.64 Å². The van der Waals surface area contributed by atoms with Gasteiger partial charge in [0.05, 0.1) is 5.69 Å². The number of aryl methyl sites for hydroxylation is 1. The molecule has 6 heteroatoms. The van der Waals surface area contributed by atoms with Gasteiger partial charge in [0.2, 0.25) is 0 Å². The number of ether oxygens (including phenoxy) is 1. The molecular weight excluding hydrogens is 276 g/mol. The second kappa shape index (κ2) is 5.20. The Bertz CT molecular complexity index is 694. The molecule has 1 aliphatic rings. The first-order valence-corrected chi connectivity index (χ1v) is 6.61. The third-order valence-corrected chi connectivity index (χ3v) is 3.59. The van der Waals surface area contributed by atoms with Crippen LogP contribution in [0.4, 0.5) is 20.3 Å². The number of halogens is 2. The number of benzene rings is 1. The Hall–Kier alpha value is -2.37. The molecule has 0 radical (unpaired) electrons. The number of hydrogen-bond acceptors (Lipinski definition) is 3. The zero-order valence-electron chi connectivity index (χ0n) is 11.7. The summed E-state index contributed by atoms with van der Waals surface area (Å²) in [4.78, 5) is 1.98. The molecule has 0 spiro atoms. The molecule has 110 valence electrons. The van der Waals surface area contributed by atoms with E-state index in [2.05, 4.69) is 14.9 Å². The molecule has 1 aliphatic heterocycles. The maximum absolute atomic E-state index is 12.4. The van der Waals surface area contributed by atoms with Gasteiger partial charge in [0, 0.05) is 23.9 Å². The molecule has 2 heterocycles. The van der Waals surface area contributed by atoms with Crippen LogP contribution in [-0.2, 0) is 0 Å². The number of alkyl halides is 2. The van der Waals surface area contributed by atoms with E-state index in [1.165, 1.54) is 0 Å². The number of aromatic amines is 1. The smallest absolute Gasteiger partial charge is 0.387 e. The van der Waals surface area contributed by atoms with Crippen molar-refractivity contribution in [3.63, 3.8) is 0 Å². The molecule has 3 rings (SSSR count). The van der Waals surface area contributed by atoms with Gasteiger partial charge < -0.3 is 9.64 Å². The highest BCUT2D eigenvalue weighted by molar-refractivity contribution is 5.78. The summed E-state index contributed by atoms with van der Waals surface area (Å²) in [5.74, 6) is 0.946. The number of fused-ring (bicyclic) bond motifs is 1. The molecule has 2 aromatic rings. The van der Waals surface area contributed by atoms with E-state index in [0.29, 0.717) is 6.54 Å². The van der Waals surface area contributed by atoms with Crippen molar-refractivity contribution >= 4 is 17.6 Å². The SMILES string of the molecule is Cc1[nH]nc(N2CC=Cc3ccc(OC(F)F)cc32)c1C. The Morgan fingerprint density at radius 1 is 1.33 bits per heavy atom. The molecule has 0 unspecified atom stereocenters. The standard InChI is InChI=1S/C15H15F2N3O/c1-9-10(2)18-19-14(9)20-7-3-4-11-5-6-12(8-13(11)20)21-15(16)17/h3-6,8,15H,7H2,1-2H3,(H,18,19). The number of aromatic nitrogens is 2. The van der Waals surface area contributed by atoms with E-state index in [0.717, 1.165) is 28.3 Å². The number of H-pyrrole nitrogens is 1. The summed E-state index contributed by atoms with van der Waals surface area (Å²) in [5, 5.41) is 7.25.